The Morgan fingerprint density at radius 2 is 1.61 bits per heavy atom. The van der Waals surface area contributed by atoms with Gasteiger partial charge in [0, 0.05) is 0 Å². The Kier molecular flexibility index (Phi) is 2.74. The smallest absolute Gasteiger partial charge is 0.272 e. The second kappa shape index (κ2) is 3.88. The van der Waals surface area contributed by atoms with Gasteiger partial charge in [-0.1, -0.05) is 0 Å². The summed E-state index contributed by atoms with van der Waals surface area (Å²) in [7, 11) is -4.58. The first-order valence-corrected chi connectivity index (χ1v) is 5.72. The van der Waals surface area contributed by atoms with Crippen molar-refractivity contribution in [1.82, 2.24) is 9.71 Å². The molecule has 2 rings (SSSR count). The summed E-state index contributed by atoms with van der Waals surface area (Å²) < 4.78 is 76.0. The Morgan fingerprint density at radius 3 is 2.00 bits per heavy atom. The van der Waals surface area contributed by atoms with Crippen LogP contribution in [0.1, 0.15) is 0 Å². The molecule has 0 bridgehead atoms. The molecule has 2 heterocycles. The fraction of sp³-hybridized carbons (Fsp3) is 0.143. The van der Waals surface area contributed by atoms with Crippen LogP contribution in [0, 0.1) is 23.5 Å². The van der Waals surface area contributed by atoms with Crippen molar-refractivity contribution in [1.29, 1.82) is 0 Å². The van der Waals surface area contributed by atoms with Crippen LogP contribution in [0.4, 0.5) is 23.2 Å². The molecule has 0 saturated carbocycles. The number of nitrogens with one attached hydrogen (secondary N) is 1. The van der Waals surface area contributed by atoms with Crippen LogP contribution >= 0.6 is 0 Å². The topological polar surface area (TPSA) is 79.4 Å². The maximum atomic E-state index is 13.3. The van der Waals surface area contributed by atoms with Crippen LogP contribution in [0.3, 0.4) is 0 Å². The highest BCUT2D eigenvalue weighted by molar-refractivity contribution is 7.92. The van der Waals surface area contributed by atoms with Gasteiger partial charge in [0.05, 0.1) is 6.54 Å². The summed E-state index contributed by atoms with van der Waals surface area (Å²) in [6.07, 6.45) is 0. The van der Waals surface area contributed by atoms with E-state index < -0.39 is 51.9 Å². The van der Waals surface area contributed by atoms with Crippen molar-refractivity contribution in [2.45, 2.75) is 0 Å². The summed E-state index contributed by atoms with van der Waals surface area (Å²) in [4.78, 5) is 13.4. The van der Waals surface area contributed by atoms with E-state index in [-0.39, 0.29) is 4.31 Å². The molecule has 6 nitrogen and oxygen atoms in total. The average molecular weight is 285 g/mol. The van der Waals surface area contributed by atoms with Crippen molar-refractivity contribution in [3.8, 4) is 0 Å². The molecule has 0 spiro atoms. The molecule has 98 valence electrons. The summed E-state index contributed by atoms with van der Waals surface area (Å²) in [6.45, 7) is -0.771. The van der Waals surface area contributed by atoms with Gasteiger partial charge in [-0.05, 0) is 0 Å². The van der Waals surface area contributed by atoms with E-state index in [0.29, 0.717) is 0 Å². The third-order valence-electron chi connectivity index (χ3n) is 2.05. The molecule has 11 heteroatoms. The number of carbonyl (C=O) groups is 1. The van der Waals surface area contributed by atoms with Crippen LogP contribution in [-0.2, 0) is 15.0 Å². The van der Waals surface area contributed by atoms with Gasteiger partial charge in [-0.3, -0.25) is 4.79 Å². The summed E-state index contributed by atoms with van der Waals surface area (Å²) in [5.41, 5.74) is -1.66. The van der Waals surface area contributed by atoms with Gasteiger partial charge in [0.15, 0.2) is 0 Å². The highest BCUT2D eigenvalue weighted by atomic mass is 32.2. The van der Waals surface area contributed by atoms with Gasteiger partial charge in [0.1, 0.15) is 5.69 Å². The van der Waals surface area contributed by atoms with Gasteiger partial charge >= 0.3 is 10.2 Å². The molecule has 1 aliphatic rings. The van der Waals surface area contributed by atoms with E-state index in [0.717, 1.165) is 0 Å². The number of anilines is 1. The molecule has 1 saturated heterocycles. The number of amides is 1. The molecule has 1 fully saturated rings. The normalized spacial score (nSPS) is 18.4. The first kappa shape index (κ1) is 12.7. The first-order chi connectivity index (χ1) is 8.25. The molecular formula is C7H3F4N3O3S. The van der Waals surface area contributed by atoms with Gasteiger partial charge in [-0.15, -0.1) is 0 Å². The maximum absolute atomic E-state index is 13.3. The van der Waals surface area contributed by atoms with Gasteiger partial charge in [0.25, 0.3) is 17.8 Å². The fourth-order valence-corrected chi connectivity index (χ4v) is 2.49. The third kappa shape index (κ3) is 1.71. The fourth-order valence-electron chi connectivity index (χ4n) is 1.32. The minimum absolute atomic E-state index is 0.383. The van der Waals surface area contributed by atoms with Gasteiger partial charge in [0.2, 0.25) is 11.6 Å². The molecule has 1 N–H and O–H groups in total. The Labute approximate surface area is 97.4 Å². The van der Waals surface area contributed by atoms with Crippen molar-refractivity contribution in [3.05, 3.63) is 23.5 Å². The van der Waals surface area contributed by atoms with E-state index in [1.165, 1.54) is 0 Å². The first-order valence-electron chi connectivity index (χ1n) is 4.28. The molecule has 0 radical (unpaired) electrons. The van der Waals surface area contributed by atoms with Crippen molar-refractivity contribution >= 4 is 21.8 Å². The van der Waals surface area contributed by atoms with Crippen molar-refractivity contribution in [3.63, 3.8) is 0 Å². The summed E-state index contributed by atoms with van der Waals surface area (Å²) >= 11 is 0. The molecular weight excluding hydrogens is 282 g/mol. The summed E-state index contributed by atoms with van der Waals surface area (Å²) in [5.74, 6) is -9.54. The Hall–Kier alpha value is -1.75. The molecule has 1 amide bonds. The van der Waals surface area contributed by atoms with Gasteiger partial charge < -0.3 is 0 Å². The van der Waals surface area contributed by atoms with Crippen molar-refractivity contribution in [2.24, 2.45) is 0 Å². The largest absolute Gasteiger partial charge is 0.308 e. The molecule has 1 aromatic rings. The van der Waals surface area contributed by atoms with E-state index in [1.807, 2.05) is 0 Å². The highest BCUT2D eigenvalue weighted by Crippen LogP contribution is 2.29. The van der Waals surface area contributed by atoms with E-state index in [4.69, 9.17) is 0 Å². The number of aromatic nitrogens is 1. The van der Waals surface area contributed by atoms with Gasteiger partial charge in [-0.2, -0.15) is 40.0 Å². The molecule has 0 unspecified atom stereocenters. The second-order valence-electron chi connectivity index (χ2n) is 3.15. The lowest BCUT2D eigenvalue weighted by atomic mass is 10.3. The average Bonchev–Trinajstić information content (AvgIpc) is 2.53. The van der Waals surface area contributed by atoms with Crippen LogP contribution in [-0.4, -0.2) is 25.9 Å². The lowest BCUT2D eigenvalue weighted by Gasteiger charge is -2.15. The van der Waals surface area contributed by atoms with Crippen molar-refractivity contribution < 1.29 is 30.8 Å². The second-order valence-corrected chi connectivity index (χ2v) is 4.76. The quantitative estimate of drug-likeness (QED) is 0.573. The zero-order valence-corrected chi connectivity index (χ0v) is 9.06. The van der Waals surface area contributed by atoms with E-state index in [1.54, 1.807) is 4.72 Å². The van der Waals surface area contributed by atoms with Crippen LogP contribution in [0.25, 0.3) is 0 Å². The number of rotatable bonds is 1. The summed E-state index contributed by atoms with van der Waals surface area (Å²) in [5, 5.41) is 0. The van der Waals surface area contributed by atoms with Crippen LogP contribution in [0.5, 0.6) is 0 Å². The monoisotopic (exact) mass is 285 g/mol. The molecule has 0 atom stereocenters. The summed E-state index contributed by atoms with van der Waals surface area (Å²) in [6, 6.07) is 0. The van der Waals surface area contributed by atoms with Crippen LogP contribution in [0.15, 0.2) is 0 Å². The third-order valence-corrected chi connectivity index (χ3v) is 3.43. The standard InChI is InChI=1S/C7H3F4N3O3S/c8-3-5(4(9)7(11)13-6(3)10)14-2(15)1-12-18(14,16)17/h12H,1H2. The number of hydrogen-bond donors (Lipinski definition) is 1. The zero-order chi connectivity index (χ0) is 13.7. The number of hydrogen-bond acceptors (Lipinski definition) is 4. The maximum Gasteiger partial charge on any atom is 0.308 e. The number of halogens is 4. The number of nitrogens with zero attached hydrogens (tertiary/aromatic N) is 2. The van der Waals surface area contributed by atoms with Crippen LogP contribution < -0.4 is 9.03 Å². The predicted molar refractivity (Wildman–Crippen MR) is 48.5 cm³/mol. The van der Waals surface area contributed by atoms with Crippen LogP contribution in [0.2, 0.25) is 0 Å². The van der Waals surface area contributed by atoms with Gasteiger partial charge in [-0.25, -0.2) is 0 Å². The van der Waals surface area contributed by atoms with E-state index in [9.17, 15) is 30.8 Å². The SMILES string of the molecule is O=C1CNS(=O)(=O)N1c1c(F)c(F)nc(F)c1F. The van der Waals surface area contributed by atoms with Crippen molar-refractivity contribution in [2.75, 3.05) is 10.8 Å². The molecule has 0 aliphatic carbocycles. The Bertz CT molecular complexity index is 622. The van der Waals surface area contributed by atoms with E-state index in [2.05, 4.69) is 4.98 Å². The van der Waals surface area contributed by atoms with E-state index >= 15 is 0 Å². The number of carbonyl (C=O) groups excluding carboxylic acids is 1. The minimum atomic E-state index is -4.58. The molecule has 0 aromatic carbocycles. The lowest BCUT2D eigenvalue weighted by molar-refractivity contribution is -0.115. The minimum Gasteiger partial charge on any atom is -0.272 e. The molecule has 1 aliphatic heterocycles. The Morgan fingerprint density at radius 1 is 1.11 bits per heavy atom. The Balaban J connectivity index is 2.76. The predicted octanol–water partition coefficient (Wildman–Crippen LogP) is -0.181. The molecule has 1 aromatic heterocycles. The zero-order valence-electron chi connectivity index (χ0n) is 8.25. The lowest BCUT2D eigenvalue weighted by Crippen LogP contribution is -2.34. The highest BCUT2D eigenvalue weighted by Gasteiger charge is 2.41. The molecule has 18 heavy (non-hydrogen) atoms. The number of pyridine rings is 1.